The highest BCUT2D eigenvalue weighted by molar-refractivity contribution is 5.17. The minimum Gasteiger partial charge on any atom is -0.316 e. The molecule has 0 saturated carbocycles. The van der Waals surface area contributed by atoms with Crippen LogP contribution in [0.2, 0.25) is 0 Å². The second-order valence-corrected chi connectivity index (χ2v) is 5.32. The molecule has 1 aromatic carbocycles. The molecule has 1 heterocycles. The van der Waals surface area contributed by atoms with Gasteiger partial charge in [0.25, 0.3) is 0 Å². The number of nitrogens with one attached hydrogen (secondary N) is 1. The normalized spacial score (nSPS) is 20.3. The number of benzene rings is 1. The number of piperidine rings is 1. The first kappa shape index (κ1) is 13.5. The van der Waals surface area contributed by atoms with E-state index < -0.39 is 0 Å². The van der Waals surface area contributed by atoms with E-state index in [-0.39, 0.29) is 5.82 Å². The molecule has 1 aromatic rings. The van der Waals surface area contributed by atoms with Gasteiger partial charge in [0.2, 0.25) is 0 Å². The molecule has 3 heteroatoms. The summed E-state index contributed by atoms with van der Waals surface area (Å²) in [5, 5.41) is 3.44. The molecule has 2 rings (SSSR count). The smallest absolute Gasteiger partial charge is 0.126 e. The molecule has 18 heavy (non-hydrogen) atoms. The van der Waals surface area contributed by atoms with Crippen molar-refractivity contribution in [3.05, 3.63) is 35.6 Å². The fraction of sp³-hybridized carbons (Fsp3) is 0.600. The Kier molecular flexibility index (Phi) is 5.14. The Morgan fingerprint density at radius 3 is 2.94 bits per heavy atom. The van der Waals surface area contributed by atoms with Crippen molar-refractivity contribution < 1.29 is 4.39 Å². The summed E-state index contributed by atoms with van der Waals surface area (Å²) in [4.78, 5) is 2.32. The van der Waals surface area contributed by atoms with Crippen LogP contribution in [0.4, 0.5) is 4.39 Å². The third-order valence-electron chi connectivity index (χ3n) is 3.69. The highest BCUT2D eigenvalue weighted by Crippen LogP contribution is 2.12. The second kappa shape index (κ2) is 6.86. The summed E-state index contributed by atoms with van der Waals surface area (Å²) in [7, 11) is 2.13. The third-order valence-corrected chi connectivity index (χ3v) is 3.69. The molecule has 100 valence electrons. The van der Waals surface area contributed by atoms with Crippen LogP contribution in [-0.4, -0.2) is 38.1 Å². The van der Waals surface area contributed by atoms with E-state index >= 15 is 0 Å². The SMILES string of the molecule is CN(CCc1ccccc1F)CC1CCCNC1. The van der Waals surface area contributed by atoms with Crippen molar-refractivity contribution in [3.8, 4) is 0 Å². The van der Waals surface area contributed by atoms with E-state index in [9.17, 15) is 4.39 Å². The van der Waals surface area contributed by atoms with Crippen LogP contribution in [0.25, 0.3) is 0 Å². The number of halogens is 1. The summed E-state index contributed by atoms with van der Waals surface area (Å²) in [6.07, 6.45) is 3.40. The predicted octanol–water partition coefficient (Wildman–Crippen LogP) is 2.30. The quantitative estimate of drug-likeness (QED) is 0.862. The molecule has 1 aliphatic heterocycles. The van der Waals surface area contributed by atoms with Gasteiger partial charge in [0.15, 0.2) is 0 Å². The lowest BCUT2D eigenvalue weighted by molar-refractivity contribution is 0.245. The monoisotopic (exact) mass is 250 g/mol. The fourth-order valence-electron chi connectivity index (χ4n) is 2.62. The van der Waals surface area contributed by atoms with E-state index in [2.05, 4.69) is 17.3 Å². The number of rotatable bonds is 5. The highest BCUT2D eigenvalue weighted by Gasteiger charge is 2.14. The van der Waals surface area contributed by atoms with Gasteiger partial charge < -0.3 is 10.2 Å². The Balaban J connectivity index is 1.74. The predicted molar refractivity (Wildman–Crippen MR) is 73.2 cm³/mol. The molecular weight excluding hydrogens is 227 g/mol. The largest absolute Gasteiger partial charge is 0.316 e. The fourth-order valence-corrected chi connectivity index (χ4v) is 2.62. The van der Waals surface area contributed by atoms with E-state index in [4.69, 9.17) is 0 Å². The van der Waals surface area contributed by atoms with Gasteiger partial charge >= 0.3 is 0 Å². The minimum absolute atomic E-state index is 0.0785. The molecule has 0 radical (unpaired) electrons. The first-order valence-corrected chi connectivity index (χ1v) is 6.88. The molecule has 2 nitrogen and oxygen atoms in total. The summed E-state index contributed by atoms with van der Waals surface area (Å²) in [5.41, 5.74) is 0.825. The average Bonchev–Trinajstić information content (AvgIpc) is 2.39. The van der Waals surface area contributed by atoms with Crippen LogP contribution in [0.3, 0.4) is 0 Å². The molecule has 1 fully saturated rings. The lowest BCUT2D eigenvalue weighted by Crippen LogP contribution is -2.37. The standard InChI is InChI=1S/C15H23FN2/c1-18(12-13-5-4-9-17-11-13)10-8-14-6-2-3-7-15(14)16/h2-3,6-7,13,17H,4-5,8-12H2,1H3. The van der Waals surface area contributed by atoms with Crippen molar-refractivity contribution in [1.82, 2.24) is 10.2 Å². The third kappa shape index (κ3) is 4.07. The maximum atomic E-state index is 13.5. The Morgan fingerprint density at radius 2 is 2.22 bits per heavy atom. The van der Waals surface area contributed by atoms with E-state index in [1.807, 2.05) is 12.1 Å². The molecule has 0 bridgehead atoms. The van der Waals surface area contributed by atoms with Crippen LogP contribution in [0.1, 0.15) is 18.4 Å². The van der Waals surface area contributed by atoms with Crippen molar-refractivity contribution in [3.63, 3.8) is 0 Å². The highest BCUT2D eigenvalue weighted by atomic mass is 19.1. The van der Waals surface area contributed by atoms with Gasteiger partial charge in [0.05, 0.1) is 0 Å². The molecule has 0 amide bonds. The van der Waals surface area contributed by atoms with Crippen LogP contribution in [0, 0.1) is 11.7 Å². The zero-order valence-corrected chi connectivity index (χ0v) is 11.2. The Bertz CT molecular complexity index is 361. The molecular formula is C15H23FN2. The molecule has 1 unspecified atom stereocenters. The lowest BCUT2D eigenvalue weighted by Gasteiger charge is -2.27. The Hall–Kier alpha value is -0.930. The summed E-state index contributed by atoms with van der Waals surface area (Å²) in [5.74, 6) is 0.676. The van der Waals surface area contributed by atoms with Gasteiger partial charge in [0.1, 0.15) is 5.82 Å². The van der Waals surface area contributed by atoms with E-state index in [1.54, 1.807) is 12.1 Å². The number of hydrogen-bond donors (Lipinski definition) is 1. The number of hydrogen-bond acceptors (Lipinski definition) is 2. The van der Waals surface area contributed by atoms with Gasteiger partial charge in [-0.2, -0.15) is 0 Å². The van der Waals surface area contributed by atoms with Gasteiger partial charge in [-0.1, -0.05) is 18.2 Å². The first-order valence-electron chi connectivity index (χ1n) is 6.88. The van der Waals surface area contributed by atoms with Crippen molar-refractivity contribution in [2.45, 2.75) is 19.3 Å². The van der Waals surface area contributed by atoms with Gasteiger partial charge in [-0.15, -0.1) is 0 Å². The van der Waals surface area contributed by atoms with Crippen LogP contribution in [0.5, 0.6) is 0 Å². The van der Waals surface area contributed by atoms with Gasteiger partial charge in [-0.05, 0) is 56.9 Å². The van der Waals surface area contributed by atoms with Crippen molar-refractivity contribution in [2.24, 2.45) is 5.92 Å². The van der Waals surface area contributed by atoms with E-state index in [0.29, 0.717) is 0 Å². The Morgan fingerprint density at radius 1 is 1.39 bits per heavy atom. The maximum Gasteiger partial charge on any atom is 0.126 e. The molecule has 0 spiro atoms. The summed E-state index contributed by atoms with van der Waals surface area (Å²) in [6, 6.07) is 7.07. The van der Waals surface area contributed by atoms with Crippen LogP contribution < -0.4 is 5.32 Å². The van der Waals surface area contributed by atoms with E-state index in [1.165, 1.54) is 12.8 Å². The van der Waals surface area contributed by atoms with Gasteiger partial charge in [0, 0.05) is 13.1 Å². The summed E-state index contributed by atoms with van der Waals surface area (Å²) >= 11 is 0. The topological polar surface area (TPSA) is 15.3 Å². The van der Waals surface area contributed by atoms with Crippen LogP contribution in [-0.2, 0) is 6.42 Å². The molecule has 1 N–H and O–H groups in total. The Labute approximate surface area is 109 Å². The lowest BCUT2D eigenvalue weighted by atomic mass is 9.99. The molecule has 1 saturated heterocycles. The summed E-state index contributed by atoms with van der Waals surface area (Å²) in [6.45, 7) is 4.33. The zero-order valence-electron chi connectivity index (χ0n) is 11.2. The molecule has 1 aliphatic rings. The molecule has 0 aromatic heterocycles. The summed E-state index contributed by atoms with van der Waals surface area (Å²) < 4.78 is 13.5. The van der Waals surface area contributed by atoms with Crippen molar-refractivity contribution in [1.29, 1.82) is 0 Å². The van der Waals surface area contributed by atoms with Crippen molar-refractivity contribution in [2.75, 3.05) is 33.2 Å². The maximum absolute atomic E-state index is 13.5. The number of likely N-dealkylation sites (N-methyl/N-ethyl adjacent to an activating group) is 1. The van der Waals surface area contributed by atoms with E-state index in [0.717, 1.165) is 44.1 Å². The molecule has 0 aliphatic carbocycles. The van der Waals surface area contributed by atoms with Gasteiger partial charge in [-0.3, -0.25) is 0 Å². The average molecular weight is 250 g/mol. The van der Waals surface area contributed by atoms with Crippen molar-refractivity contribution >= 4 is 0 Å². The zero-order chi connectivity index (χ0) is 12.8. The molecule has 1 atom stereocenters. The van der Waals surface area contributed by atoms with Gasteiger partial charge in [-0.25, -0.2) is 4.39 Å². The van der Waals surface area contributed by atoms with Crippen LogP contribution >= 0.6 is 0 Å². The van der Waals surface area contributed by atoms with Crippen LogP contribution in [0.15, 0.2) is 24.3 Å². The number of nitrogens with zero attached hydrogens (tertiary/aromatic N) is 1. The second-order valence-electron chi connectivity index (χ2n) is 5.32. The minimum atomic E-state index is -0.0785. The first-order chi connectivity index (χ1) is 8.75.